The summed E-state index contributed by atoms with van der Waals surface area (Å²) in [6, 6.07) is 0. The van der Waals surface area contributed by atoms with Crippen molar-refractivity contribution in [2.75, 3.05) is 26.0 Å². The van der Waals surface area contributed by atoms with Crippen LogP contribution in [-0.2, 0) is 13.1 Å². The lowest BCUT2D eigenvalue weighted by Crippen LogP contribution is -2.29. The second-order valence-electron chi connectivity index (χ2n) is 4.48. The molecule has 0 amide bonds. The van der Waals surface area contributed by atoms with Crippen molar-refractivity contribution in [3.05, 3.63) is 38.2 Å². The number of nitrogens with one attached hydrogen (secondary N) is 1. The highest BCUT2D eigenvalue weighted by atomic mass is 35.5. The molecule has 108 valence electrons. The fourth-order valence-electron chi connectivity index (χ4n) is 1.55. The lowest BCUT2D eigenvalue weighted by atomic mass is 10.4. The molecule has 0 atom stereocenters. The van der Waals surface area contributed by atoms with Gasteiger partial charge in [-0.15, -0.1) is 11.3 Å². The third-order valence-corrected chi connectivity index (χ3v) is 3.80. The maximum atomic E-state index is 12.1. The molecule has 0 saturated heterocycles. The molecule has 0 aliphatic rings. The van der Waals surface area contributed by atoms with Crippen LogP contribution in [0.1, 0.15) is 5.01 Å². The van der Waals surface area contributed by atoms with Crippen molar-refractivity contribution in [2.24, 2.45) is 0 Å². The van der Waals surface area contributed by atoms with Crippen LogP contribution in [0.4, 0.5) is 5.69 Å². The highest BCUT2D eigenvalue weighted by Gasteiger charge is 2.09. The third-order valence-electron chi connectivity index (χ3n) is 2.66. The van der Waals surface area contributed by atoms with Crippen LogP contribution in [-0.4, -0.2) is 40.3 Å². The van der Waals surface area contributed by atoms with Crippen molar-refractivity contribution in [3.63, 3.8) is 0 Å². The largest absolute Gasteiger partial charge is 0.376 e. The molecule has 0 bridgehead atoms. The summed E-state index contributed by atoms with van der Waals surface area (Å²) >= 11 is 7.63. The van der Waals surface area contributed by atoms with Crippen molar-refractivity contribution < 1.29 is 0 Å². The fourth-order valence-corrected chi connectivity index (χ4v) is 2.32. The number of anilines is 1. The molecule has 0 aliphatic carbocycles. The Morgan fingerprint density at radius 1 is 1.50 bits per heavy atom. The van der Waals surface area contributed by atoms with E-state index >= 15 is 0 Å². The van der Waals surface area contributed by atoms with Gasteiger partial charge in [-0.1, -0.05) is 11.6 Å². The summed E-state index contributed by atoms with van der Waals surface area (Å²) in [5.41, 5.74) is 0.255. The lowest BCUT2D eigenvalue weighted by molar-refractivity contribution is 0.367. The smallest absolute Gasteiger partial charge is 0.287 e. The Labute approximate surface area is 126 Å². The summed E-state index contributed by atoms with van der Waals surface area (Å²) in [6.45, 7) is 1.77. The van der Waals surface area contributed by atoms with Gasteiger partial charge in [0, 0.05) is 18.1 Å². The minimum absolute atomic E-state index is 0.162. The highest BCUT2D eigenvalue weighted by molar-refractivity contribution is 7.09. The Balaban J connectivity index is 2.08. The Kier molecular flexibility index (Phi) is 5.11. The van der Waals surface area contributed by atoms with Crippen LogP contribution in [0.3, 0.4) is 0 Å². The van der Waals surface area contributed by atoms with Gasteiger partial charge >= 0.3 is 0 Å². The quantitative estimate of drug-likeness (QED) is 0.876. The molecule has 2 rings (SSSR count). The van der Waals surface area contributed by atoms with Crippen molar-refractivity contribution in [2.45, 2.75) is 13.1 Å². The van der Waals surface area contributed by atoms with E-state index in [2.05, 4.69) is 15.4 Å². The first-order valence-electron chi connectivity index (χ1n) is 6.10. The highest BCUT2D eigenvalue weighted by Crippen LogP contribution is 2.16. The predicted molar refractivity (Wildman–Crippen MR) is 81.5 cm³/mol. The van der Waals surface area contributed by atoms with Crippen LogP contribution >= 0.6 is 22.9 Å². The van der Waals surface area contributed by atoms with Gasteiger partial charge in [0.25, 0.3) is 5.56 Å². The second kappa shape index (κ2) is 6.83. The van der Waals surface area contributed by atoms with Gasteiger partial charge in [0.15, 0.2) is 0 Å². The fraction of sp³-hybridized carbons (Fsp3) is 0.417. The van der Waals surface area contributed by atoms with Gasteiger partial charge in [0.2, 0.25) is 0 Å². The maximum Gasteiger partial charge on any atom is 0.287 e. The van der Waals surface area contributed by atoms with Crippen molar-refractivity contribution in [1.82, 2.24) is 19.7 Å². The van der Waals surface area contributed by atoms with Crippen molar-refractivity contribution in [1.29, 1.82) is 0 Å². The third kappa shape index (κ3) is 3.78. The lowest BCUT2D eigenvalue weighted by Gasteiger charge is -2.12. The summed E-state index contributed by atoms with van der Waals surface area (Å²) in [7, 11) is 3.88. The molecule has 0 fully saturated rings. The Bertz CT molecular complexity index is 611. The summed E-state index contributed by atoms with van der Waals surface area (Å²) in [6.07, 6.45) is 3.31. The van der Waals surface area contributed by atoms with Crippen LogP contribution < -0.4 is 10.9 Å². The van der Waals surface area contributed by atoms with Gasteiger partial charge in [0.05, 0.1) is 25.0 Å². The molecule has 0 aromatic carbocycles. The molecule has 1 N–H and O–H groups in total. The molecule has 8 heteroatoms. The van der Waals surface area contributed by atoms with E-state index in [4.69, 9.17) is 11.6 Å². The predicted octanol–water partition coefficient (Wildman–Crippen LogP) is 1.53. The van der Waals surface area contributed by atoms with E-state index < -0.39 is 0 Å². The summed E-state index contributed by atoms with van der Waals surface area (Å²) < 4.78 is 1.37. The van der Waals surface area contributed by atoms with E-state index in [1.54, 1.807) is 23.7 Å². The maximum absolute atomic E-state index is 12.1. The SMILES string of the molecule is CN(C)CCn1ncc(NCc2nccs2)c(Cl)c1=O. The number of thiazole rings is 1. The first kappa shape index (κ1) is 15.0. The van der Waals surface area contributed by atoms with Gasteiger partial charge in [-0.05, 0) is 14.1 Å². The van der Waals surface area contributed by atoms with Crippen molar-refractivity contribution in [3.8, 4) is 0 Å². The van der Waals surface area contributed by atoms with Crippen LogP contribution in [0.15, 0.2) is 22.6 Å². The number of likely N-dealkylation sites (N-methyl/N-ethyl adjacent to an activating group) is 1. The molecule has 2 aromatic heterocycles. The second-order valence-corrected chi connectivity index (χ2v) is 5.84. The van der Waals surface area contributed by atoms with Crippen LogP contribution in [0.2, 0.25) is 5.02 Å². The standard InChI is InChI=1S/C12H16ClN5OS/c1-17(2)4-5-18-12(19)11(13)9(7-16-18)15-8-10-14-3-6-20-10/h3,6-7,15H,4-5,8H2,1-2H3. The molecule has 0 radical (unpaired) electrons. The number of hydrogen-bond acceptors (Lipinski definition) is 6. The van der Waals surface area contributed by atoms with E-state index in [1.807, 2.05) is 24.4 Å². The van der Waals surface area contributed by atoms with Gasteiger partial charge in [-0.3, -0.25) is 4.79 Å². The molecule has 0 saturated carbocycles. The molecule has 0 unspecified atom stereocenters. The van der Waals surface area contributed by atoms with Crippen molar-refractivity contribution >= 4 is 28.6 Å². The molecular formula is C12H16ClN5OS. The minimum Gasteiger partial charge on any atom is -0.376 e. The normalized spacial score (nSPS) is 11.0. The topological polar surface area (TPSA) is 63.1 Å². The van der Waals surface area contributed by atoms with Crippen LogP contribution in [0.25, 0.3) is 0 Å². The van der Waals surface area contributed by atoms with Gasteiger partial charge < -0.3 is 10.2 Å². The summed E-state index contributed by atoms with van der Waals surface area (Å²) in [5, 5.41) is 10.2. The van der Waals surface area contributed by atoms with E-state index in [0.29, 0.717) is 18.8 Å². The summed E-state index contributed by atoms with van der Waals surface area (Å²) in [4.78, 5) is 18.2. The van der Waals surface area contributed by atoms with E-state index in [-0.39, 0.29) is 10.6 Å². The number of rotatable bonds is 6. The Hall–Kier alpha value is -1.44. The van der Waals surface area contributed by atoms with E-state index in [0.717, 1.165) is 11.6 Å². The van der Waals surface area contributed by atoms with Gasteiger partial charge in [-0.25, -0.2) is 9.67 Å². The first-order chi connectivity index (χ1) is 9.58. The Morgan fingerprint density at radius 3 is 2.95 bits per heavy atom. The molecule has 0 aliphatic heterocycles. The van der Waals surface area contributed by atoms with E-state index in [1.165, 1.54) is 4.68 Å². The molecule has 0 spiro atoms. The average Bonchev–Trinajstić information content (AvgIpc) is 2.92. The number of halogens is 1. The van der Waals surface area contributed by atoms with E-state index in [9.17, 15) is 4.79 Å². The van der Waals surface area contributed by atoms with Gasteiger partial charge in [0.1, 0.15) is 10.0 Å². The Morgan fingerprint density at radius 2 is 2.30 bits per heavy atom. The van der Waals surface area contributed by atoms with Crippen LogP contribution in [0.5, 0.6) is 0 Å². The molecule has 20 heavy (non-hydrogen) atoms. The molecule has 6 nitrogen and oxygen atoms in total. The molecule has 2 heterocycles. The summed E-state index contributed by atoms with van der Waals surface area (Å²) in [5.74, 6) is 0. The zero-order chi connectivity index (χ0) is 14.5. The zero-order valence-corrected chi connectivity index (χ0v) is 12.9. The average molecular weight is 314 g/mol. The van der Waals surface area contributed by atoms with Crippen LogP contribution in [0, 0.1) is 0 Å². The monoisotopic (exact) mass is 313 g/mol. The number of nitrogens with zero attached hydrogens (tertiary/aromatic N) is 4. The minimum atomic E-state index is -0.280. The van der Waals surface area contributed by atoms with Gasteiger partial charge in [-0.2, -0.15) is 5.10 Å². The number of aromatic nitrogens is 3. The zero-order valence-electron chi connectivity index (χ0n) is 11.3. The first-order valence-corrected chi connectivity index (χ1v) is 7.36. The molecular weight excluding hydrogens is 298 g/mol. The molecule has 2 aromatic rings. The number of hydrogen-bond donors (Lipinski definition) is 1.